The number of benzene rings is 1. The zero-order chi connectivity index (χ0) is 11.2. The number of carbonyl (C=O) groups is 1. The first-order valence-corrected chi connectivity index (χ1v) is 6.26. The summed E-state index contributed by atoms with van der Waals surface area (Å²) >= 11 is -2.87. The molecular weight excluding hydrogens is 242 g/mol. The van der Waals surface area contributed by atoms with Gasteiger partial charge in [0.15, 0.2) is 0 Å². The maximum absolute atomic E-state index is 11.6. The molecular formula is C7H5NO5S2. The predicted molar refractivity (Wildman–Crippen MR) is 50.6 cm³/mol. The number of hydrogen-bond donors (Lipinski definition) is 1. The van der Waals surface area contributed by atoms with Gasteiger partial charge in [0.25, 0.3) is 27.2 Å². The van der Waals surface area contributed by atoms with Crippen LogP contribution in [0.2, 0.25) is 0 Å². The zero-order valence-corrected chi connectivity index (χ0v) is 8.79. The highest BCUT2D eigenvalue weighted by molar-refractivity contribution is 8.00. The molecule has 0 bridgehead atoms. The fourth-order valence-electron chi connectivity index (χ4n) is 1.32. The number of nitrogens with zero attached hydrogens (tertiary/aromatic N) is 1. The summed E-state index contributed by atoms with van der Waals surface area (Å²) in [4.78, 5) is 11.2. The van der Waals surface area contributed by atoms with E-state index in [2.05, 4.69) is 0 Å². The standard InChI is InChI=1S/C7H5NO5S2/c9-7-5-3-1-2-4-6(5)15(12,13)8(7)14(10)11/h1-4H,(H,10,11). The van der Waals surface area contributed by atoms with Crippen molar-refractivity contribution in [2.45, 2.75) is 4.90 Å². The SMILES string of the molecule is O=C1c2ccccc2S(=O)(=O)N1S(=O)O. The van der Waals surface area contributed by atoms with E-state index in [0.29, 0.717) is 0 Å². The average Bonchev–Trinajstić information content (AvgIpc) is 2.36. The normalized spacial score (nSPS) is 20.1. The second-order valence-electron chi connectivity index (χ2n) is 2.76. The minimum Gasteiger partial charge on any atom is -0.288 e. The van der Waals surface area contributed by atoms with Crippen molar-refractivity contribution in [1.82, 2.24) is 3.71 Å². The lowest BCUT2D eigenvalue weighted by molar-refractivity contribution is 0.0927. The Labute approximate surface area is 88.0 Å². The van der Waals surface area contributed by atoms with Gasteiger partial charge in [0.2, 0.25) is 0 Å². The summed E-state index contributed by atoms with van der Waals surface area (Å²) in [5.41, 5.74) is -0.0834. The van der Waals surface area contributed by atoms with Crippen molar-refractivity contribution >= 4 is 27.2 Å². The molecule has 15 heavy (non-hydrogen) atoms. The van der Waals surface area contributed by atoms with Crippen molar-refractivity contribution in [1.29, 1.82) is 0 Å². The highest BCUT2D eigenvalue weighted by Gasteiger charge is 2.44. The van der Waals surface area contributed by atoms with Gasteiger partial charge in [-0.25, -0.2) is 4.21 Å². The molecule has 1 heterocycles. The van der Waals surface area contributed by atoms with E-state index in [4.69, 9.17) is 4.55 Å². The summed E-state index contributed by atoms with van der Waals surface area (Å²) in [6, 6.07) is 5.43. The topological polar surface area (TPSA) is 91.8 Å². The number of rotatable bonds is 1. The number of carbonyl (C=O) groups excluding carboxylic acids is 1. The molecule has 0 radical (unpaired) electrons. The van der Waals surface area contributed by atoms with Gasteiger partial charge in [-0.05, 0) is 12.1 Å². The van der Waals surface area contributed by atoms with Crippen LogP contribution < -0.4 is 0 Å². The van der Waals surface area contributed by atoms with Crippen LogP contribution in [0.1, 0.15) is 10.4 Å². The van der Waals surface area contributed by atoms with Gasteiger partial charge in [-0.2, -0.15) is 8.42 Å². The number of sulfonamides is 1. The van der Waals surface area contributed by atoms with Crippen molar-refractivity contribution in [3.63, 3.8) is 0 Å². The first-order valence-electron chi connectivity index (χ1n) is 3.76. The fourth-order valence-corrected chi connectivity index (χ4v) is 3.65. The van der Waals surface area contributed by atoms with E-state index in [1.165, 1.54) is 24.3 Å². The van der Waals surface area contributed by atoms with Crippen LogP contribution in [-0.2, 0) is 21.3 Å². The third-order valence-corrected chi connectivity index (χ3v) is 4.86. The van der Waals surface area contributed by atoms with E-state index in [-0.39, 0.29) is 14.2 Å². The van der Waals surface area contributed by atoms with Crippen LogP contribution in [0, 0.1) is 0 Å². The van der Waals surface area contributed by atoms with Gasteiger partial charge in [0.1, 0.15) is 4.90 Å². The first-order chi connectivity index (χ1) is 6.96. The Hall–Kier alpha value is -1.25. The van der Waals surface area contributed by atoms with Crippen LogP contribution in [-0.4, -0.2) is 26.8 Å². The van der Waals surface area contributed by atoms with Crippen LogP contribution in [0.25, 0.3) is 0 Å². The molecule has 0 aliphatic carbocycles. The zero-order valence-electron chi connectivity index (χ0n) is 7.15. The molecule has 1 N–H and O–H groups in total. The van der Waals surface area contributed by atoms with Gasteiger partial charge in [-0.3, -0.25) is 9.35 Å². The molecule has 80 valence electrons. The van der Waals surface area contributed by atoms with E-state index in [0.717, 1.165) is 0 Å². The Bertz CT molecular complexity index is 564. The largest absolute Gasteiger partial charge is 0.288 e. The van der Waals surface area contributed by atoms with Crippen LogP contribution in [0.15, 0.2) is 29.2 Å². The Kier molecular flexibility index (Phi) is 2.14. The summed E-state index contributed by atoms with van der Waals surface area (Å²) in [6.07, 6.45) is 0. The molecule has 1 aliphatic rings. The van der Waals surface area contributed by atoms with Gasteiger partial charge >= 0.3 is 0 Å². The number of hydrogen-bond acceptors (Lipinski definition) is 4. The molecule has 1 aromatic rings. The molecule has 0 saturated heterocycles. The van der Waals surface area contributed by atoms with Crippen molar-refractivity contribution in [3.8, 4) is 0 Å². The quantitative estimate of drug-likeness (QED) is 0.703. The molecule has 0 saturated carbocycles. The number of fused-ring (bicyclic) bond motifs is 1. The second kappa shape index (κ2) is 3.12. The highest BCUT2D eigenvalue weighted by Crippen LogP contribution is 2.30. The second-order valence-corrected chi connectivity index (χ2v) is 5.58. The third kappa shape index (κ3) is 1.29. The van der Waals surface area contributed by atoms with E-state index in [1.807, 2.05) is 0 Å². The predicted octanol–water partition coefficient (Wildman–Crippen LogP) is -0.0322. The Morgan fingerprint density at radius 1 is 1.27 bits per heavy atom. The van der Waals surface area contributed by atoms with Crippen molar-refractivity contribution in [3.05, 3.63) is 29.8 Å². The summed E-state index contributed by atoms with van der Waals surface area (Å²) in [5.74, 6) is -0.980. The lowest BCUT2D eigenvalue weighted by Gasteiger charge is -2.07. The summed E-state index contributed by atoms with van der Waals surface area (Å²) < 4.78 is 42.6. The molecule has 1 aliphatic heterocycles. The molecule has 1 amide bonds. The van der Waals surface area contributed by atoms with E-state index in [1.54, 1.807) is 0 Å². The Morgan fingerprint density at radius 2 is 1.87 bits per heavy atom. The van der Waals surface area contributed by atoms with Crippen molar-refractivity contribution in [2.24, 2.45) is 0 Å². The van der Waals surface area contributed by atoms with Crippen LogP contribution in [0.3, 0.4) is 0 Å². The summed E-state index contributed by atoms with van der Waals surface area (Å²) in [6.45, 7) is 0. The Balaban J connectivity index is 2.77. The van der Waals surface area contributed by atoms with Crippen LogP contribution in [0.5, 0.6) is 0 Å². The third-order valence-electron chi connectivity index (χ3n) is 1.92. The summed E-state index contributed by atoms with van der Waals surface area (Å²) in [7, 11) is -4.16. The van der Waals surface area contributed by atoms with E-state index in [9.17, 15) is 17.4 Å². The maximum atomic E-state index is 11.6. The van der Waals surface area contributed by atoms with E-state index >= 15 is 0 Å². The minimum absolute atomic E-state index is 0.0440. The lowest BCUT2D eigenvalue weighted by atomic mass is 10.2. The number of amides is 1. The molecule has 0 fully saturated rings. The Morgan fingerprint density at radius 3 is 2.40 bits per heavy atom. The maximum Gasteiger partial charge on any atom is 0.283 e. The smallest absolute Gasteiger partial charge is 0.283 e. The van der Waals surface area contributed by atoms with Gasteiger partial charge in [-0.15, -0.1) is 3.71 Å². The molecule has 6 nitrogen and oxygen atoms in total. The molecule has 0 spiro atoms. The minimum atomic E-state index is -4.16. The highest BCUT2D eigenvalue weighted by atomic mass is 32.3. The van der Waals surface area contributed by atoms with Gasteiger partial charge in [0.05, 0.1) is 5.56 Å². The van der Waals surface area contributed by atoms with Crippen molar-refractivity contribution in [2.75, 3.05) is 0 Å². The monoisotopic (exact) mass is 247 g/mol. The molecule has 1 atom stereocenters. The molecule has 1 unspecified atom stereocenters. The van der Waals surface area contributed by atoms with Gasteiger partial charge in [-0.1, -0.05) is 12.1 Å². The molecule has 2 rings (SSSR count). The van der Waals surface area contributed by atoms with Crippen LogP contribution >= 0.6 is 0 Å². The van der Waals surface area contributed by atoms with Gasteiger partial charge in [0, 0.05) is 0 Å². The van der Waals surface area contributed by atoms with Gasteiger partial charge < -0.3 is 0 Å². The van der Waals surface area contributed by atoms with E-state index < -0.39 is 27.2 Å². The first kappa shape index (κ1) is 10.3. The average molecular weight is 247 g/mol. The van der Waals surface area contributed by atoms with Crippen molar-refractivity contribution < 1.29 is 22.0 Å². The molecule has 1 aromatic carbocycles. The van der Waals surface area contributed by atoms with Crippen LogP contribution in [0.4, 0.5) is 0 Å². The lowest BCUT2D eigenvalue weighted by Crippen LogP contribution is -2.31. The molecule has 8 heteroatoms. The summed E-state index contributed by atoms with van der Waals surface area (Å²) in [5, 5.41) is 0. The molecule has 0 aromatic heterocycles. The fraction of sp³-hybridized carbons (Fsp3) is 0.